The predicted molar refractivity (Wildman–Crippen MR) is 89.8 cm³/mol. The second kappa shape index (κ2) is 7.09. The standard InChI is InChI=1S/C16H19ClN4O3/c17-11-1-3-13(4-2-11)19-16(24)21-8-7-20(15(23)10-21)9-14(22)18-12-5-6-12/h1-4,12H,5-10H2,(H,18,22)(H,19,24). The molecule has 4 amide bonds. The van der Waals surface area contributed by atoms with Crippen LogP contribution in [0.25, 0.3) is 0 Å². The van der Waals surface area contributed by atoms with Crippen molar-refractivity contribution < 1.29 is 14.4 Å². The highest BCUT2D eigenvalue weighted by molar-refractivity contribution is 6.30. The van der Waals surface area contributed by atoms with Crippen molar-refractivity contribution in [3.63, 3.8) is 0 Å². The summed E-state index contributed by atoms with van der Waals surface area (Å²) in [5, 5.41) is 6.17. The Hall–Kier alpha value is -2.28. The van der Waals surface area contributed by atoms with Crippen LogP contribution in [0.4, 0.5) is 10.5 Å². The van der Waals surface area contributed by atoms with Gasteiger partial charge in [-0.25, -0.2) is 4.79 Å². The smallest absolute Gasteiger partial charge is 0.322 e. The summed E-state index contributed by atoms with van der Waals surface area (Å²) in [5.74, 6) is -0.358. The molecular weight excluding hydrogens is 332 g/mol. The predicted octanol–water partition coefficient (Wildman–Crippen LogP) is 1.29. The Balaban J connectivity index is 1.48. The zero-order valence-electron chi connectivity index (χ0n) is 13.1. The molecule has 2 aliphatic rings. The molecule has 1 saturated heterocycles. The average Bonchev–Trinajstić information content (AvgIpc) is 3.35. The van der Waals surface area contributed by atoms with Crippen molar-refractivity contribution >= 4 is 35.1 Å². The summed E-state index contributed by atoms with van der Waals surface area (Å²) in [6.45, 7) is 0.769. The van der Waals surface area contributed by atoms with Crippen LogP contribution >= 0.6 is 11.6 Å². The van der Waals surface area contributed by atoms with Crippen molar-refractivity contribution in [2.45, 2.75) is 18.9 Å². The first-order chi connectivity index (χ1) is 11.5. The minimum absolute atomic E-state index is 0.0316. The topological polar surface area (TPSA) is 81.8 Å². The van der Waals surface area contributed by atoms with E-state index in [0.717, 1.165) is 12.8 Å². The third-order valence-electron chi connectivity index (χ3n) is 3.98. The van der Waals surface area contributed by atoms with Crippen LogP contribution in [0.3, 0.4) is 0 Å². The Kier molecular flexibility index (Phi) is 4.89. The lowest BCUT2D eigenvalue weighted by molar-refractivity contribution is -0.139. The largest absolute Gasteiger partial charge is 0.352 e. The van der Waals surface area contributed by atoms with Gasteiger partial charge in [0.05, 0.1) is 6.54 Å². The molecule has 0 atom stereocenters. The maximum absolute atomic E-state index is 12.2. The number of urea groups is 1. The number of carbonyl (C=O) groups is 3. The van der Waals surface area contributed by atoms with Gasteiger partial charge in [-0.2, -0.15) is 0 Å². The minimum atomic E-state index is -0.340. The van der Waals surface area contributed by atoms with Gasteiger partial charge in [0.25, 0.3) is 0 Å². The number of nitrogens with one attached hydrogen (secondary N) is 2. The van der Waals surface area contributed by atoms with Crippen LogP contribution < -0.4 is 10.6 Å². The maximum atomic E-state index is 12.2. The fourth-order valence-electron chi connectivity index (χ4n) is 2.46. The first kappa shape index (κ1) is 16.6. The van der Waals surface area contributed by atoms with Crippen LogP contribution in [0.1, 0.15) is 12.8 Å². The van der Waals surface area contributed by atoms with Gasteiger partial charge in [0.2, 0.25) is 11.8 Å². The zero-order chi connectivity index (χ0) is 17.1. The van der Waals surface area contributed by atoms with Crippen molar-refractivity contribution in [1.29, 1.82) is 0 Å². The Morgan fingerprint density at radius 2 is 1.88 bits per heavy atom. The highest BCUT2D eigenvalue weighted by atomic mass is 35.5. The van der Waals surface area contributed by atoms with E-state index < -0.39 is 0 Å². The Morgan fingerprint density at radius 1 is 1.17 bits per heavy atom. The van der Waals surface area contributed by atoms with Gasteiger partial charge in [0.1, 0.15) is 6.54 Å². The van der Waals surface area contributed by atoms with Crippen molar-refractivity contribution in [3.05, 3.63) is 29.3 Å². The molecule has 8 heteroatoms. The van der Waals surface area contributed by atoms with Crippen LogP contribution in [-0.4, -0.2) is 59.9 Å². The number of hydrogen-bond donors (Lipinski definition) is 2. The number of carbonyl (C=O) groups excluding carboxylic acids is 3. The second-order valence-electron chi connectivity index (χ2n) is 6.02. The van der Waals surface area contributed by atoms with E-state index in [9.17, 15) is 14.4 Å². The zero-order valence-corrected chi connectivity index (χ0v) is 13.9. The molecule has 7 nitrogen and oxygen atoms in total. The molecule has 1 aliphatic carbocycles. The third-order valence-corrected chi connectivity index (χ3v) is 4.23. The summed E-state index contributed by atoms with van der Waals surface area (Å²) in [6, 6.07) is 6.69. The van der Waals surface area contributed by atoms with Gasteiger partial charge in [0.15, 0.2) is 0 Å². The molecule has 24 heavy (non-hydrogen) atoms. The molecule has 2 fully saturated rings. The molecule has 0 spiro atoms. The van der Waals surface area contributed by atoms with E-state index in [1.807, 2.05) is 0 Å². The van der Waals surface area contributed by atoms with Crippen LogP contribution in [0.5, 0.6) is 0 Å². The lowest BCUT2D eigenvalue weighted by Gasteiger charge is -2.33. The fraction of sp³-hybridized carbons (Fsp3) is 0.438. The maximum Gasteiger partial charge on any atom is 0.322 e. The molecule has 0 unspecified atom stereocenters. The first-order valence-corrected chi connectivity index (χ1v) is 8.28. The highest BCUT2D eigenvalue weighted by Crippen LogP contribution is 2.18. The normalized spacial score (nSPS) is 17.6. The van der Waals surface area contributed by atoms with E-state index >= 15 is 0 Å². The van der Waals surface area contributed by atoms with E-state index in [-0.39, 0.29) is 37.0 Å². The monoisotopic (exact) mass is 350 g/mol. The number of nitrogens with zero attached hydrogens (tertiary/aromatic N) is 2. The van der Waals surface area contributed by atoms with Gasteiger partial charge < -0.3 is 20.4 Å². The Bertz CT molecular complexity index is 645. The number of benzene rings is 1. The quantitative estimate of drug-likeness (QED) is 0.858. The van der Waals surface area contributed by atoms with Crippen molar-refractivity contribution in [2.24, 2.45) is 0 Å². The Labute approximate surface area is 144 Å². The van der Waals surface area contributed by atoms with Crippen LogP contribution in [0, 0.1) is 0 Å². The number of anilines is 1. The summed E-state index contributed by atoms with van der Waals surface area (Å²) in [5.41, 5.74) is 0.614. The molecule has 128 valence electrons. The number of hydrogen-bond acceptors (Lipinski definition) is 3. The summed E-state index contributed by atoms with van der Waals surface area (Å²) in [6.07, 6.45) is 2.02. The average molecular weight is 351 g/mol. The molecule has 1 aromatic rings. The SMILES string of the molecule is O=C(CN1CCN(C(=O)Nc2ccc(Cl)cc2)CC1=O)NC1CC1. The van der Waals surface area contributed by atoms with Crippen LogP contribution in [-0.2, 0) is 9.59 Å². The van der Waals surface area contributed by atoms with E-state index in [1.54, 1.807) is 24.3 Å². The molecule has 1 aliphatic heterocycles. The second-order valence-corrected chi connectivity index (χ2v) is 6.45. The van der Waals surface area contributed by atoms with Gasteiger partial charge in [0, 0.05) is 29.8 Å². The van der Waals surface area contributed by atoms with Gasteiger partial charge >= 0.3 is 6.03 Å². The van der Waals surface area contributed by atoms with Crippen LogP contribution in [0.15, 0.2) is 24.3 Å². The molecule has 2 N–H and O–H groups in total. The van der Waals surface area contributed by atoms with Crippen molar-refractivity contribution in [1.82, 2.24) is 15.1 Å². The Morgan fingerprint density at radius 3 is 2.50 bits per heavy atom. The van der Waals surface area contributed by atoms with Gasteiger partial charge in [-0.05, 0) is 37.1 Å². The molecule has 3 rings (SSSR count). The van der Waals surface area contributed by atoms with Gasteiger partial charge in [-0.1, -0.05) is 11.6 Å². The molecule has 1 heterocycles. The molecule has 1 aromatic carbocycles. The highest BCUT2D eigenvalue weighted by Gasteiger charge is 2.30. The van der Waals surface area contributed by atoms with E-state index in [1.165, 1.54) is 9.80 Å². The summed E-state index contributed by atoms with van der Waals surface area (Å²) in [4.78, 5) is 39.1. The molecule has 0 bridgehead atoms. The fourth-order valence-corrected chi connectivity index (χ4v) is 2.59. The molecule has 0 aromatic heterocycles. The number of rotatable bonds is 4. The van der Waals surface area contributed by atoms with Crippen molar-refractivity contribution in [3.8, 4) is 0 Å². The minimum Gasteiger partial charge on any atom is -0.352 e. The van der Waals surface area contributed by atoms with Crippen LogP contribution in [0.2, 0.25) is 5.02 Å². The van der Waals surface area contributed by atoms with Crippen molar-refractivity contribution in [2.75, 3.05) is 31.5 Å². The summed E-state index contributed by atoms with van der Waals surface area (Å²) < 4.78 is 0. The van der Waals surface area contributed by atoms with Gasteiger partial charge in [-0.3, -0.25) is 9.59 Å². The lowest BCUT2D eigenvalue weighted by Crippen LogP contribution is -2.55. The summed E-state index contributed by atoms with van der Waals surface area (Å²) in [7, 11) is 0. The van der Waals surface area contributed by atoms with E-state index in [0.29, 0.717) is 23.8 Å². The molecule has 0 radical (unpaired) electrons. The number of amides is 4. The third kappa shape index (κ3) is 4.38. The molecular formula is C16H19ClN4O3. The first-order valence-electron chi connectivity index (χ1n) is 7.90. The number of halogens is 1. The number of piperazine rings is 1. The van der Waals surface area contributed by atoms with E-state index in [2.05, 4.69) is 10.6 Å². The van der Waals surface area contributed by atoms with E-state index in [4.69, 9.17) is 11.6 Å². The molecule has 1 saturated carbocycles. The lowest BCUT2D eigenvalue weighted by atomic mass is 10.3. The van der Waals surface area contributed by atoms with Gasteiger partial charge in [-0.15, -0.1) is 0 Å². The summed E-state index contributed by atoms with van der Waals surface area (Å²) >= 11 is 5.80.